The average molecular weight is 422 g/mol. The highest BCUT2D eigenvalue weighted by Gasteiger charge is 2.50. The number of nitro benzene ring substituents is 1. The van der Waals surface area contributed by atoms with Gasteiger partial charge in [-0.25, -0.2) is 0 Å². The van der Waals surface area contributed by atoms with Gasteiger partial charge < -0.3 is 9.72 Å². The van der Waals surface area contributed by atoms with Gasteiger partial charge in [0, 0.05) is 35.0 Å². The summed E-state index contributed by atoms with van der Waals surface area (Å²) in [5.74, 6) is 0. The molecule has 1 aromatic carbocycles. The first kappa shape index (κ1) is 21.5. The molecule has 0 bridgehead atoms. The largest absolute Gasteiger partial charge is 0.365 e. The second kappa shape index (κ2) is 7.77. The minimum atomic E-state index is -0.402. The van der Waals surface area contributed by atoms with E-state index in [1.54, 1.807) is 12.1 Å². The summed E-state index contributed by atoms with van der Waals surface area (Å²) in [7, 11) is 4.24. The Morgan fingerprint density at radius 1 is 1.29 bits per heavy atom. The normalized spacial score (nSPS) is 28.6. The van der Waals surface area contributed by atoms with Gasteiger partial charge in [-0.1, -0.05) is 31.4 Å². The molecule has 2 aliphatic rings. The summed E-state index contributed by atoms with van der Waals surface area (Å²) < 4.78 is 6.65. The van der Waals surface area contributed by atoms with E-state index >= 15 is 0 Å². The third-order valence-corrected chi connectivity index (χ3v) is 7.27. The number of rotatable bonds is 5. The van der Waals surface area contributed by atoms with Gasteiger partial charge in [0.15, 0.2) is 0 Å². The molecule has 1 unspecified atom stereocenters. The Labute approximate surface area is 183 Å². The molecule has 1 N–H and O–H groups in total. The van der Waals surface area contributed by atoms with E-state index in [-0.39, 0.29) is 22.3 Å². The van der Waals surface area contributed by atoms with Crippen LogP contribution in [0.3, 0.4) is 0 Å². The van der Waals surface area contributed by atoms with Gasteiger partial charge in [0.1, 0.15) is 5.60 Å². The Bertz CT molecular complexity index is 1070. The van der Waals surface area contributed by atoms with Crippen molar-refractivity contribution in [2.45, 2.75) is 56.3 Å². The van der Waals surface area contributed by atoms with Crippen LogP contribution >= 0.6 is 0 Å². The van der Waals surface area contributed by atoms with E-state index in [0.29, 0.717) is 0 Å². The monoisotopic (exact) mass is 421 g/mol. The number of aromatic nitrogens is 1. The lowest BCUT2D eigenvalue weighted by molar-refractivity contribution is -0.384. The minimum absolute atomic E-state index is 0.0558. The number of nitro groups is 1. The lowest BCUT2D eigenvalue weighted by atomic mass is 9.67. The van der Waals surface area contributed by atoms with Crippen LogP contribution in [0.2, 0.25) is 0 Å². The van der Waals surface area contributed by atoms with Crippen molar-refractivity contribution in [1.82, 2.24) is 9.88 Å². The van der Waals surface area contributed by atoms with Crippen LogP contribution in [-0.4, -0.2) is 40.5 Å². The summed E-state index contributed by atoms with van der Waals surface area (Å²) >= 11 is 0. The molecule has 0 radical (unpaired) electrons. The van der Waals surface area contributed by atoms with Gasteiger partial charge in [0.2, 0.25) is 0 Å². The lowest BCUT2D eigenvalue weighted by Gasteiger charge is -2.52. The lowest BCUT2D eigenvalue weighted by Crippen LogP contribution is -2.53. The third kappa shape index (κ3) is 3.34. The second-order valence-corrected chi connectivity index (χ2v) is 9.08. The van der Waals surface area contributed by atoms with E-state index in [9.17, 15) is 10.1 Å². The van der Waals surface area contributed by atoms with E-state index < -0.39 is 5.60 Å². The number of allylic oxidation sites excluding steroid dienone is 2. The predicted octanol–water partition coefficient (Wildman–Crippen LogP) is 5.41. The van der Waals surface area contributed by atoms with Gasteiger partial charge in [-0.05, 0) is 63.9 Å². The Kier molecular flexibility index (Phi) is 5.40. The Balaban J connectivity index is 1.77. The first-order chi connectivity index (χ1) is 14.8. The minimum Gasteiger partial charge on any atom is -0.365 e. The van der Waals surface area contributed by atoms with Gasteiger partial charge >= 0.3 is 0 Å². The van der Waals surface area contributed by atoms with Crippen molar-refractivity contribution >= 4 is 16.6 Å². The number of fused-ring (bicyclic) bond motifs is 4. The van der Waals surface area contributed by atoms with Crippen LogP contribution in [0.25, 0.3) is 10.9 Å². The first-order valence-corrected chi connectivity index (χ1v) is 10.9. The Morgan fingerprint density at radius 2 is 2.00 bits per heavy atom. The van der Waals surface area contributed by atoms with E-state index in [4.69, 9.17) is 4.74 Å². The number of hydrogen-bond donors (Lipinski definition) is 1. The standard InChI is InChI=1S/C25H31N3O3/c1-6-8-18(7-2)24(27(4)5)11-13-25(14-12-24)23-21(15-17(3)31-25)20-16-19(28(29)30)9-10-22(20)26-23/h6-10,16-17,26H,1-2,11-15H2,3-5H3. The highest BCUT2D eigenvalue weighted by atomic mass is 16.6. The number of hydrogen-bond acceptors (Lipinski definition) is 4. The van der Waals surface area contributed by atoms with Crippen LogP contribution in [0.4, 0.5) is 5.69 Å². The number of aromatic amines is 1. The van der Waals surface area contributed by atoms with E-state index in [2.05, 4.69) is 50.1 Å². The number of ether oxygens (including phenoxy) is 1. The zero-order valence-corrected chi connectivity index (χ0v) is 18.6. The van der Waals surface area contributed by atoms with Crippen LogP contribution < -0.4 is 0 Å². The van der Waals surface area contributed by atoms with Crippen molar-refractivity contribution in [3.63, 3.8) is 0 Å². The molecule has 1 fully saturated rings. The van der Waals surface area contributed by atoms with Crippen LogP contribution in [0.5, 0.6) is 0 Å². The molecule has 31 heavy (non-hydrogen) atoms. The fourth-order valence-electron chi connectivity index (χ4n) is 5.69. The zero-order valence-electron chi connectivity index (χ0n) is 18.6. The molecule has 2 aromatic rings. The Morgan fingerprint density at radius 3 is 2.58 bits per heavy atom. The smallest absolute Gasteiger partial charge is 0.270 e. The van der Waals surface area contributed by atoms with Gasteiger partial charge in [-0.15, -0.1) is 0 Å². The SMILES string of the molecule is C=CC=C(C=C)C1(N(C)C)CCC2(CC1)OC(C)Cc1c2[nH]c2ccc([N+](=O)[O-])cc12. The summed E-state index contributed by atoms with van der Waals surface area (Å²) in [6.07, 6.45) is 10.2. The number of nitrogens with zero attached hydrogens (tertiary/aromatic N) is 2. The number of likely N-dealkylation sites (N-methyl/N-ethyl adjacent to an activating group) is 1. The molecule has 2 heterocycles. The number of benzene rings is 1. The fourth-order valence-corrected chi connectivity index (χ4v) is 5.69. The molecule has 0 amide bonds. The maximum atomic E-state index is 11.3. The summed E-state index contributed by atoms with van der Waals surface area (Å²) in [5, 5.41) is 12.3. The molecule has 1 atom stereocenters. The molecule has 1 aliphatic heterocycles. The zero-order chi connectivity index (χ0) is 22.4. The molecular weight excluding hydrogens is 390 g/mol. The molecule has 1 spiro atoms. The van der Waals surface area contributed by atoms with Crippen molar-refractivity contribution in [2.75, 3.05) is 14.1 Å². The first-order valence-electron chi connectivity index (χ1n) is 10.9. The van der Waals surface area contributed by atoms with Crippen LogP contribution in [-0.2, 0) is 16.8 Å². The van der Waals surface area contributed by atoms with Gasteiger partial charge in [0.05, 0.1) is 16.7 Å². The van der Waals surface area contributed by atoms with Gasteiger partial charge in [-0.2, -0.15) is 0 Å². The number of nitrogens with one attached hydrogen (secondary N) is 1. The topological polar surface area (TPSA) is 71.4 Å². The van der Waals surface area contributed by atoms with Crippen molar-refractivity contribution in [3.8, 4) is 0 Å². The quantitative estimate of drug-likeness (QED) is 0.398. The molecule has 0 saturated heterocycles. The number of H-pyrrole nitrogens is 1. The average Bonchev–Trinajstić information content (AvgIpc) is 3.11. The molecule has 1 aromatic heterocycles. The van der Waals surface area contributed by atoms with E-state index in [0.717, 1.165) is 48.7 Å². The molecule has 164 valence electrons. The predicted molar refractivity (Wildman–Crippen MR) is 124 cm³/mol. The van der Waals surface area contributed by atoms with E-state index in [1.165, 1.54) is 11.1 Å². The molecule has 6 heteroatoms. The van der Waals surface area contributed by atoms with Crippen molar-refractivity contribution in [3.05, 3.63) is 76.5 Å². The van der Waals surface area contributed by atoms with Crippen LogP contribution in [0.15, 0.2) is 55.2 Å². The molecular formula is C25H31N3O3. The van der Waals surface area contributed by atoms with Gasteiger partial charge in [0.25, 0.3) is 5.69 Å². The summed E-state index contributed by atoms with van der Waals surface area (Å²) in [6, 6.07) is 5.08. The summed E-state index contributed by atoms with van der Waals surface area (Å²) in [6.45, 7) is 10.0. The molecule has 1 aliphatic carbocycles. The maximum Gasteiger partial charge on any atom is 0.270 e. The molecule has 1 saturated carbocycles. The second-order valence-electron chi connectivity index (χ2n) is 9.08. The highest BCUT2D eigenvalue weighted by Crippen LogP contribution is 2.52. The molecule has 6 nitrogen and oxygen atoms in total. The van der Waals surface area contributed by atoms with Crippen LogP contribution in [0, 0.1) is 10.1 Å². The van der Waals surface area contributed by atoms with Crippen LogP contribution in [0.1, 0.15) is 43.9 Å². The Hall–Kier alpha value is -2.70. The van der Waals surface area contributed by atoms with E-state index in [1.807, 2.05) is 18.2 Å². The fraction of sp³-hybridized carbons (Fsp3) is 0.440. The summed E-state index contributed by atoms with van der Waals surface area (Å²) in [4.78, 5) is 16.9. The number of non-ortho nitro benzene ring substituents is 1. The maximum absolute atomic E-state index is 11.3. The third-order valence-electron chi connectivity index (χ3n) is 7.27. The van der Waals surface area contributed by atoms with Crippen molar-refractivity contribution in [2.24, 2.45) is 0 Å². The van der Waals surface area contributed by atoms with Crippen molar-refractivity contribution < 1.29 is 9.66 Å². The van der Waals surface area contributed by atoms with Gasteiger partial charge in [-0.3, -0.25) is 15.0 Å². The van der Waals surface area contributed by atoms with Crippen molar-refractivity contribution in [1.29, 1.82) is 0 Å². The summed E-state index contributed by atoms with van der Waals surface area (Å²) in [5.41, 5.74) is 4.00. The highest BCUT2D eigenvalue weighted by molar-refractivity contribution is 5.87. The molecule has 4 rings (SSSR count).